The van der Waals surface area contributed by atoms with Crippen molar-refractivity contribution in [3.05, 3.63) is 23.7 Å². The largest absolute Gasteiger partial charge is 0.464 e. The van der Waals surface area contributed by atoms with Crippen LogP contribution in [0, 0.1) is 6.92 Å². The fourth-order valence-corrected chi connectivity index (χ4v) is 2.85. The zero-order chi connectivity index (χ0) is 9.26. The smallest absolute Gasteiger partial charge is 0.131 e. The van der Waals surface area contributed by atoms with Crippen LogP contribution in [0.25, 0.3) is 0 Å². The lowest BCUT2D eigenvalue weighted by Crippen LogP contribution is -2.24. The zero-order valence-corrected chi connectivity index (χ0v) is 8.86. The first kappa shape index (κ1) is 9.16. The molecule has 2 nitrogen and oxygen atoms in total. The topological polar surface area (TPSA) is 25.2 Å². The molecule has 0 amide bonds. The van der Waals surface area contributed by atoms with Gasteiger partial charge in [0.1, 0.15) is 16.9 Å². The van der Waals surface area contributed by atoms with Crippen LogP contribution in [-0.4, -0.2) is 11.8 Å². The lowest BCUT2D eigenvalue weighted by atomic mass is 10.2. The van der Waals surface area contributed by atoms with E-state index in [0.29, 0.717) is 11.4 Å². The Balaban J connectivity index is 2.03. The number of rotatable bonds is 2. The normalized spacial score (nSPS) is 28.2. The molecule has 2 unspecified atom stereocenters. The van der Waals surface area contributed by atoms with E-state index in [0.717, 1.165) is 11.5 Å². The van der Waals surface area contributed by atoms with Gasteiger partial charge in [0, 0.05) is 11.8 Å². The molecule has 13 heavy (non-hydrogen) atoms. The fraction of sp³-hybridized carbons (Fsp3) is 0.600. The molecule has 0 radical (unpaired) electrons. The van der Waals surface area contributed by atoms with Crippen molar-refractivity contribution in [3.63, 3.8) is 0 Å². The van der Waals surface area contributed by atoms with E-state index >= 15 is 0 Å². The van der Waals surface area contributed by atoms with Crippen molar-refractivity contribution in [2.24, 2.45) is 0 Å². The summed E-state index contributed by atoms with van der Waals surface area (Å²) in [5.74, 6) is 3.26. The van der Waals surface area contributed by atoms with Gasteiger partial charge in [0.05, 0.1) is 0 Å². The molecule has 3 heteroatoms. The van der Waals surface area contributed by atoms with Crippen molar-refractivity contribution in [1.29, 1.82) is 0 Å². The number of nitrogens with one attached hydrogen (secondary N) is 1. The van der Waals surface area contributed by atoms with Crippen LogP contribution in [0.2, 0.25) is 0 Å². The van der Waals surface area contributed by atoms with Gasteiger partial charge in [0.25, 0.3) is 0 Å². The summed E-state index contributed by atoms with van der Waals surface area (Å²) in [5.41, 5.74) is 0. The molecule has 1 saturated heterocycles. The second-order valence-corrected chi connectivity index (χ2v) is 4.57. The average molecular weight is 197 g/mol. The summed E-state index contributed by atoms with van der Waals surface area (Å²) in [5, 5.41) is 3.91. The minimum Gasteiger partial charge on any atom is -0.464 e. The Hall–Kier alpha value is -0.410. The van der Waals surface area contributed by atoms with E-state index < -0.39 is 0 Å². The van der Waals surface area contributed by atoms with Gasteiger partial charge >= 0.3 is 0 Å². The van der Waals surface area contributed by atoms with Gasteiger partial charge in [-0.05, 0) is 25.5 Å². The van der Waals surface area contributed by atoms with Crippen molar-refractivity contribution in [1.82, 2.24) is 5.32 Å². The van der Waals surface area contributed by atoms with E-state index in [-0.39, 0.29) is 0 Å². The molecular formula is C10H15NOS. The molecule has 0 bridgehead atoms. The monoisotopic (exact) mass is 197 g/mol. The maximum atomic E-state index is 5.58. The molecule has 0 spiro atoms. The summed E-state index contributed by atoms with van der Waals surface area (Å²) in [6.45, 7) is 4.20. The molecule has 1 fully saturated rings. The molecule has 2 atom stereocenters. The Kier molecular flexibility index (Phi) is 2.65. The predicted octanol–water partition coefficient (Wildman–Crippen LogP) is 2.70. The summed E-state index contributed by atoms with van der Waals surface area (Å²) < 4.78 is 5.58. The van der Waals surface area contributed by atoms with Gasteiger partial charge in [-0.25, -0.2) is 0 Å². The van der Waals surface area contributed by atoms with Gasteiger partial charge in [-0.1, -0.05) is 6.92 Å². The van der Waals surface area contributed by atoms with E-state index in [1.165, 1.54) is 12.2 Å². The molecule has 2 rings (SSSR count). The average Bonchev–Trinajstić information content (AvgIpc) is 2.71. The van der Waals surface area contributed by atoms with Gasteiger partial charge in [0.2, 0.25) is 0 Å². The van der Waals surface area contributed by atoms with Crippen LogP contribution in [0.3, 0.4) is 0 Å². The quantitative estimate of drug-likeness (QED) is 0.789. The number of thioether (sulfide) groups is 1. The van der Waals surface area contributed by atoms with Crippen LogP contribution < -0.4 is 5.32 Å². The minimum atomic E-state index is 0.374. The molecule has 0 aromatic carbocycles. The van der Waals surface area contributed by atoms with Crippen molar-refractivity contribution >= 4 is 11.8 Å². The van der Waals surface area contributed by atoms with Crippen LogP contribution in [0.15, 0.2) is 16.5 Å². The molecule has 1 N–H and O–H groups in total. The Morgan fingerprint density at radius 1 is 1.62 bits per heavy atom. The van der Waals surface area contributed by atoms with Crippen molar-refractivity contribution in [2.45, 2.75) is 31.7 Å². The highest BCUT2D eigenvalue weighted by molar-refractivity contribution is 7.99. The number of hydrogen-bond acceptors (Lipinski definition) is 3. The number of hydrogen-bond donors (Lipinski definition) is 1. The molecule has 72 valence electrons. The van der Waals surface area contributed by atoms with E-state index in [9.17, 15) is 0 Å². The first-order valence-electron chi connectivity index (χ1n) is 4.73. The Bertz CT molecular complexity index is 284. The van der Waals surface area contributed by atoms with Crippen LogP contribution in [0.1, 0.15) is 30.2 Å². The van der Waals surface area contributed by atoms with Crippen molar-refractivity contribution in [3.8, 4) is 0 Å². The lowest BCUT2D eigenvalue weighted by Gasteiger charge is -2.08. The first-order valence-corrected chi connectivity index (χ1v) is 5.78. The van der Waals surface area contributed by atoms with Crippen LogP contribution in [-0.2, 0) is 0 Å². The molecule has 1 aromatic rings. The van der Waals surface area contributed by atoms with Crippen molar-refractivity contribution < 1.29 is 4.42 Å². The van der Waals surface area contributed by atoms with Gasteiger partial charge in [0.15, 0.2) is 0 Å². The molecule has 2 heterocycles. The second-order valence-electron chi connectivity index (χ2n) is 3.43. The molecular weight excluding hydrogens is 182 g/mol. The summed E-state index contributed by atoms with van der Waals surface area (Å²) in [6, 6.07) is 4.75. The Morgan fingerprint density at radius 3 is 3.00 bits per heavy atom. The Labute approximate surface area is 83.1 Å². The zero-order valence-electron chi connectivity index (χ0n) is 8.04. The van der Waals surface area contributed by atoms with E-state index in [4.69, 9.17) is 4.42 Å². The Morgan fingerprint density at radius 2 is 2.46 bits per heavy atom. The molecule has 1 aromatic heterocycles. The van der Waals surface area contributed by atoms with Gasteiger partial charge in [-0.15, -0.1) is 11.8 Å². The maximum Gasteiger partial charge on any atom is 0.131 e. The second kappa shape index (κ2) is 3.76. The summed E-state index contributed by atoms with van der Waals surface area (Å²) in [6.07, 6.45) is 1.20. The standard InChI is InChI=1S/C10H15NOS/c1-3-8-6-13-10(11-8)9-5-4-7(2)12-9/h4-5,8,10-11H,3,6H2,1-2H3. The lowest BCUT2D eigenvalue weighted by molar-refractivity contribution is 0.444. The SMILES string of the molecule is CCC1CSC(c2ccc(C)o2)N1. The minimum absolute atomic E-state index is 0.374. The van der Waals surface area contributed by atoms with Crippen LogP contribution in [0.5, 0.6) is 0 Å². The third-order valence-electron chi connectivity index (χ3n) is 2.36. The highest BCUT2D eigenvalue weighted by Crippen LogP contribution is 2.34. The molecule has 1 aliphatic heterocycles. The highest BCUT2D eigenvalue weighted by atomic mass is 32.2. The van der Waals surface area contributed by atoms with Gasteiger partial charge in [-0.3, -0.25) is 5.32 Å². The first-order chi connectivity index (χ1) is 6.29. The highest BCUT2D eigenvalue weighted by Gasteiger charge is 2.26. The summed E-state index contributed by atoms with van der Waals surface area (Å²) >= 11 is 1.94. The summed E-state index contributed by atoms with van der Waals surface area (Å²) in [4.78, 5) is 0. The molecule has 0 saturated carbocycles. The van der Waals surface area contributed by atoms with E-state index in [1.54, 1.807) is 0 Å². The van der Waals surface area contributed by atoms with Gasteiger partial charge in [-0.2, -0.15) is 0 Å². The van der Waals surface area contributed by atoms with E-state index in [2.05, 4.69) is 18.3 Å². The summed E-state index contributed by atoms with van der Waals surface area (Å²) in [7, 11) is 0. The molecule has 1 aliphatic rings. The van der Waals surface area contributed by atoms with Gasteiger partial charge < -0.3 is 4.42 Å². The van der Waals surface area contributed by atoms with Crippen molar-refractivity contribution in [2.75, 3.05) is 5.75 Å². The van der Waals surface area contributed by atoms with Crippen LogP contribution >= 0.6 is 11.8 Å². The fourth-order valence-electron chi connectivity index (χ4n) is 1.52. The number of furan rings is 1. The number of aryl methyl sites for hydroxylation is 1. The predicted molar refractivity (Wildman–Crippen MR) is 55.9 cm³/mol. The van der Waals surface area contributed by atoms with E-state index in [1.807, 2.05) is 24.8 Å². The molecule has 0 aliphatic carbocycles. The maximum absolute atomic E-state index is 5.58. The third kappa shape index (κ3) is 1.92. The third-order valence-corrected chi connectivity index (χ3v) is 3.66. The van der Waals surface area contributed by atoms with Crippen LogP contribution in [0.4, 0.5) is 0 Å².